The maximum Gasteiger partial charge on any atom is 0.164 e. The minimum atomic E-state index is -0.377. The van der Waals surface area contributed by atoms with Gasteiger partial charge in [-0.1, -0.05) is 0 Å². The first-order chi connectivity index (χ1) is 6.49. The van der Waals surface area contributed by atoms with E-state index in [1.54, 1.807) is 19.9 Å². The Kier molecular flexibility index (Phi) is 3.36. The van der Waals surface area contributed by atoms with Gasteiger partial charge in [-0.3, -0.25) is 4.79 Å². The molecule has 0 aromatic heterocycles. The van der Waals surface area contributed by atoms with Crippen LogP contribution in [0.1, 0.15) is 29.3 Å². The van der Waals surface area contributed by atoms with Gasteiger partial charge < -0.3 is 5.73 Å². The lowest BCUT2D eigenvalue weighted by atomic mass is 10.0. The van der Waals surface area contributed by atoms with Crippen molar-refractivity contribution in [3.05, 3.63) is 35.1 Å². The van der Waals surface area contributed by atoms with Crippen molar-refractivity contribution in [3.8, 4) is 0 Å². The maximum absolute atomic E-state index is 12.9. The summed E-state index contributed by atoms with van der Waals surface area (Å²) in [6.07, 6.45) is 0.253. The molecule has 0 amide bonds. The normalized spacial score (nSPS) is 12.6. The van der Waals surface area contributed by atoms with Gasteiger partial charge in [-0.15, -0.1) is 0 Å². The summed E-state index contributed by atoms with van der Waals surface area (Å²) in [6.45, 7) is 3.51. The van der Waals surface area contributed by atoms with E-state index in [-0.39, 0.29) is 24.1 Å². The fourth-order valence-corrected chi connectivity index (χ4v) is 1.31. The van der Waals surface area contributed by atoms with Crippen molar-refractivity contribution in [2.75, 3.05) is 0 Å². The average molecular weight is 195 g/mol. The molecule has 0 spiro atoms. The highest BCUT2D eigenvalue weighted by molar-refractivity contribution is 5.96. The third kappa shape index (κ3) is 2.92. The molecule has 1 aromatic carbocycles. The number of ketones is 1. The standard InChI is InChI=1S/C11H14FNO/c1-7-3-9(6-10(12)4-7)11(14)5-8(2)13/h3-4,6,8H,5,13H2,1-2H3. The van der Waals surface area contributed by atoms with Crippen LogP contribution in [0.5, 0.6) is 0 Å². The molecule has 3 heteroatoms. The number of hydrogen-bond acceptors (Lipinski definition) is 2. The fourth-order valence-electron chi connectivity index (χ4n) is 1.31. The van der Waals surface area contributed by atoms with Gasteiger partial charge in [0.1, 0.15) is 5.82 Å². The number of benzene rings is 1. The number of Topliss-reactive ketones (excluding diaryl/α,β-unsaturated/α-hetero) is 1. The number of carbonyl (C=O) groups excluding carboxylic acids is 1. The topological polar surface area (TPSA) is 43.1 Å². The average Bonchev–Trinajstić information content (AvgIpc) is 2.00. The van der Waals surface area contributed by atoms with Crippen LogP contribution in [-0.4, -0.2) is 11.8 Å². The van der Waals surface area contributed by atoms with Gasteiger partial charge in [-0.25, -0.2) is 4.39 Å². The van der Waals surface area contributed by atoms with Crippen LogP contribution >= 0.6 is 0 Å². The Labute approximate surface area is 82.9 Å². The Morgan fingerprint density at radius 3 is 2.64 bits per heavy atom. The highest BCUT2D eigenvalue weighted by Gasteiger charge is 2.09. The maximum atomic E-state index is 12.9. The smallest absolute Gasteiger partial charge is 0.164 e. The van der Waals surface area contributed by atoms with E-state index in [0.717, 1.165) is 5.56 Å². The van der Waals surface area contributed by atoms with Crippen molar-refractivity contribution in [2.45, 2.75) is 26.3 Å². The summed E-state index contributed by atoms with van der Waals surface area (Å²) in [7, 11) is 0. The van der Waals surface area contributed by atoms with E-state index in [1.807, 2.05) is 0 Å². The highest BCUT2D eigenvalue weighted by atomic mass is 19.1. The molecule has 1 atom stereocenters. The van der Waals surface area contributed by atoms with Crippen LogP contribution in [0.4, 0.5) is 4.39 Å². The van der Waals surface area contributed by atoms with Crippen molar-refractivity contribution < 1.29 is 9.18 Å². The molecule has 0 saturated heterocycles. The summed E-state index contributed by atoms with van der Waals surface area (Å²) < 4.78 is 12.9. The van der Waals surface area contributed by atoms with Crippen LogP contribution in [0.2, 0.25) is 0 Å². The summed E-state index contributed by atoms with van der Waals surface area (Å²) in [5.74, 6) is -0.486. The number of nitrogens with two attached hydrogens (primary N) is 1. The zero-order chi connectivity index (χ0) is 10.7. The van der Waals surface area contributed by atoms with E-state index in [4.69, 9.17) is 5.73 Å². The molecular formula is C11H14FNO. The number of carbonyl (C=O) groups is 1. The minimum absolute atomic E-state index is 0.109. The summed E-state index contributed by atoms with van der Waals surface area (Å²) in [5, 5.41) is 0. The molecule has 0 saturated carbocycles. The third-order valence-electron chi connectivity index (χ3n) is 1.87. The molecule has 76 valence electrons. The van der Waals surface area contributed by atoms with Crippen molar-refractivity contribution in [2.24, 2.45) is 5.73 Å². The Morgan fingerprint density at radius 1 is 1.50 bits per heavy atom. The van der Waals surface area contributed by atoms with Gasteiger partial charge in [0.25, 0.3) is 0 Å². The van der Waals surface area contributed by atoms with Crippen molar-refractivity contribution in [3.63, 3.8) is 0 Å². The van der Waals surface area contributed by atoms with Gasteiger partial charge in [-0.05, 0) is 37.6 Å². The monoisotopic (exact) mass is 195 g/mol. The van der Waals surface area contributed by atoms with Crippen LogP contribution in [0.25, 0.3) is 0 Å². The van der Waals surface area contributed by atoms with Crippen LogP contribution in [0.15, 0.2) is 18.2 Å². The number of halogens is 1. The molecule has 14 heavy (non-hydrogen) atoms. The molecule has 0 radical (unpaired) electrons. The zero-order valence-corrected chi connectivity index (χ0v) is 8.38. The Morgan fingerprint density at radius 2 is 2.14 bits per heavy atom. The molecule has 0 aliphatic heterocycles. The molecule has 2 nitrogen and oxygen atoms in total. The summed E-state index contributed by atoms with van der Waals surface area (Å²) in [5.41, 5.74) is 6.64. The lowest BCUT2D eigenvalue weighted by molar-refractivity contribution is 0.0976. The first-order valence-electron chi connectivity index (χ1n) is 4.55. The van der Waals surface area contributed by atoms with Gasteiger partial charge >= 0.3 is 0 Å². The third-order valence-corrected chi connectivity index (χ3v) is 1.87. The molecule has 0 aliphatic rings. The lowest BCUT2D eigenvalue weighted by Gasteiger charge is -2.05. The highest BCUT2D eigenvalue weighted by Crippen LogP contribution is 2.11. The summed E-state index contributed by atoms with van der Waals surface area (Å²) in [4.78, 5) is 11.5. The first-order valence-corrected chi connectivity index (χ1v) is 4.55. The number of aryl methyl sites for hydroxylation is 1. The van der Waals surface area contributed by atoms with Gasteiger partial charge in [0.15, 0.2) is 5.78 Å². The predicted molar refractivity (Wildman–Crippen MR) is 53.7 cm³/mol. The van der Waals surface area contributed by atoms with Crippen LogP contribution in [0, 0.1) is 12.7 Å². The zero-order valence-electron chi connectivity index (χ0n) is 8.38. The SMILES string of the molecule is Cc1cc(F)cc(C(=O)CC(C)N)c1. The molecule has 0 bridgehead atoms. The van der Waals surface area contributed by atoms with Crippen LogP contribution in [0.3, 0.4) is 0 Å². The molecule has 1 rings (SSSR count). The van der Waals surface area contributed by atoms with Gasteiger partial charge in [0, 0.05) is 18.0 Å². The quantitative estimate of drug-likeness (QED) is 0.750. The second-order valence-corrected chi connectivity index (χ2v) is 3.62. The fraction of sp³-hybridized carbons (Fsp3) is 0.364. The van der Waals surface area contributed by atoms with E-state index in [2.05, 4.69) is 0 Å². The van der Waals surface area contributed by atoms with E-state index < -0.39 is 0 Å². The number of rotatable bonds is 3. The lowest BCUT2D eigenvalue weighted by Crippen LogP contribution is -2.19. The Bertz CT molecular complexity index is 327. The van der Waals surface area contributed by atoms with Crippen molar-refractivity contribution in [1.29, 1.82) is 0 Å². The molecule has 0 aliphatic carbocycles. The van der Waals surface area contributed by atoms with E-state index in [1.165, 1.54) is 12.1 Å². The molecule has 2 N–H and O–H groups in total. The molecule has 0 heterocycles. The first kappa shape index (κ1) is 10.9. The number of hydrogen-bond donors (Lipinski definition) is 1. The molecular weight excluding hydrogens is 181 g/mol. The Balaban J connectivity index is 2.90. The van der Waals surface area contributed by atoms with Crippen molar-refractivity contribution >= 4 is 5.78 Å². The predicted octanol–water partition coefficient (Wildman–Crippen LogP) is 2.05. The van der Waals surface area contributed by atoms with Crippen LogP contribution in [-0.2, 0) is 0 Å². The second-order valence-electron chi connectivity index (χ2n) is 3.62. The van der Waals surface area contributed by atoms with E-state index in [9.17, 15) is 9.18 Å². The second kappa shape index (κ2) is 4.33. The van der Waals surface area contributed by atoms with E-state index >= 15 is 0 Å². The summed E-state index contributed by atoms with van der Waals surface area (Å²) >= 11 is 0. The molecule has 1 unspecified atom stereocenters. The molecule has 0 fully saturated rings. The summed E-state index contributed by atoms with van der Waals surface area (Å²) in [6, 6.07) is 4.12. The van der Waals surface area contributed by atoms with Crippen molar-refractivity contribution in [1.82, 2.24) is 0 Å². The van der Waals surface area contributed by atoms with Crippen LogP contribution < -0.4 is 5.73 Å². The minimum Gasteiger partial charge on any atom is -0.328 e. The molecule has 1 aromatic rings. The largest absolute Gasteiger partial charge is 0.328 e. The van der Waals surface area contributed by atoms with Gasteiger partial charge in [0.2, 0.25) is 0 Å². The van der Waals surface area contributed by atoms with Gasteiger partial charge in [0.05, 0.1) is 0 Å². The Hall–Kier alpha value is -1.22. The van der Waals surface area contributed by atoms with Gasteiger partial charge in [-0.2, -0.15) is 0 Å². The van der Waals surface area contributed by atoms with E-state index in [0.29, 0.717) is 5.56 Å².